The van der Waals surface area contributed by atoms with Gasteiger partial charge in [-0.3, -0.25) is 4.79 Å². The van der Waals surface area contributed by atoms with Crippen molar-refractivity contribution in [1.29, 1.82) is 0 Å². The van der Waals surface area contributed by atoms with E-state index in [1.807, 2.05) is 25.1 Å². The smallest absolute Gasteiger partial charge is 0.331 e. The fourth-order valence-corrected chi connectivity index (χ4v) is 12.5. The second kappa shape index (κ2) is 11.5. The SMILES string of the molecule is COc1cc(C=CC(=O)O[C@H]2[C@H](O)C[C@]3(C)[C@H]4CC=C5[C@@H]6[C@@H](C)[C@H](C)CC[C@]6(C(=O)O)CC[C@@]5(C)[C@]4(C)CC[C@H]3C2(C)C)ccc1C. The third kappa shape index (κ3) is 4.88. The van der Waals surface area contributed by atoms with Crippen molar-refractivity contribution in [3.8, 4) is 5.75 Å². The van der Waals surface area contributed by atoms with Crippen molar-refractivity contribution in [2.45, 2.75) is 119 Å². The number of ether oxygens (including phenoxy) is 2. The number of aliphatic carboxylic acids is 1. The van der Waals surface area contributed by atoms with Crippen LogP contribution in [-0.4, -0.2) is 41.5 Å². The van der Waals surface area contributed by atoms with Crippen molar-refractivity contribution >= 4 is 18.0 Å². The summed E-state index contributed by atoms with van der Waals surface area (Å²) in [5, 5.41) is 22.5. The largest absolute Gasteiger partial charge is 0.496 e. The molecule has 47 heavy (non-hydrogen) atoms. The first-order valence-corrected chi connectivity index (χ1v) is 18.1. The first-order chi connectivity index (χ1) is 22.0. The Labute approximate surface area is 282 Å². The summed E-state index contributed by atoms with van der Waals surface area (Å²) in [5.41, 5.74) is 1.99. The highest BCUT2D eigenvalue weighted by atomic mass is 16.6. The van der Waals surface area contributed by atoms with Crippen LogP contribution >= 0.6 is 0 Å². The molecule has 0 unspecified atom stereocenters. The third-order valence-electron chi connectivity index (χ3n) is 15.4. The number of methoxy groups -OCH3 is 1. The minimum Gasteiger partial charge on any atom is -0.496 e. The molecule has 1 aromatic rings. The van der Waals surface area contributed by atoms with E-state index in [1.54, 1.807) is 13.2 Å². The van der Waals surface area contributed by atoms with Crippen molar-refractivity contribution in [2.24, 2.45) is 56.7 Å². The molecule has 0 spiro atoms. The van der Waals surface area contributed by atoms with Crippen LogP contribution in [0, 0.1) is 63.6 Å². The lowest BCUT2D eigenvalue weighted by molar-refractivity contribution is -0.238. The predicted molar refractivity (Wildman–Crippen MR) is 185 cm³/mol. The molecule has 6 heteroatoms. The molecule has 11 atom stereocenters. The first kappa shape index (κ1) is 34.3. The van der Waals surface area contributed by atoms with Crippen LogP contribution in [0.25, 0.3) is 6.08 Å². The Hall–Kier alpha value is -2.60. The van der Waals surface area contributed by atoms with E-state index in [0.717, 1.165) is 61.8 Å². The molecule has 0 heterocycles. The Kier molecular flexibility index (Phi) is 8.38. The van der Waals surface area contributed by atoms with Crippen LogP contribution in [0.2, 0.25) is 0 Å². The molecule has 1 aromatic carbocycles. The van der Waals surface area contributed by atoms with Crippen LogP contribution in [-0.2, 0) is 14.3 Å². The Balaban J connectivity index is 1.28. The molecule has 258 valence electrons. The number of aliphatic hydroxyl groups excluding tert-OH is 1. The number of hydrogen-bond donors (Lipinski definition) is 2. The van der Waals surface area contributed by atoms with E-state index in [1.165, 1.54) is 11.6 Å². The van der Waals surface area contributed by atoms with E-state index < -0.39 is 35.0 Å². The van der Waals surface area contributed by atoms with Crippen LogP contribution in [0.5, 0.6) is 5.75 Å². The van der Waals surface area contributed by atoms with Crippen LogP contribution in [0.3, 0.4) is 0 Å². The second-order valence-corrected chi connectivity index (χ2v) is 17.6. The number of fused-ring (bicyclic) bond motifs is 7. The maximum Gasteiger partial charge on any atom is 0.331 e. The monoisotopic (exact) mass is 646 g/mol. The van der Waals surface area contributed by atoms with Crippen molar-refractivity contribution in [2.75, 3.05) is 7.11 Å². The van der Waals surface area contributed by atoms with Crippen molar-refractivity contribution in [1.82, 2.24) is 0 Å². The van der Waals surface area contributed by atoms with E-state index in [9.17, 15) is 19.8 Å². The number of aryl methyl sites for hydroxylation is 1. The highest BCUT2D eigenvalue weighted by molar-refractivity contribution is 5.87. The molecule has 0 saturated heterocycles. The van der Waals surface area contributed by atoms with Crippen LogP contribution in [0.15, 0.2) is 35.9 Å². The van der Waals surface area contributed by atoms with Gasteiger partial charge in [-0.25, -0.2) is 4.79 Å². The topological polar surface area (TPSA) is 93.1 Å². The highest BCUT2D eigenvalue weighted by Crippen LogP contribution is 2.75. The zero-order valence-corrected chi connectivity index (χ0v) is 30.2. The molecular weight excluding hydrogens is 588 g/mol. The molecule has 4 saturated carbocycles. The number of carbonyl (C=O) groups is 2. The lowest BCUT2D eigenvalue weighted by Gasteiger charge is -2.71. The summed E-state index contributed by atoms with van der Waals surface area (Å²) in [6.07, 6.45) is 11.3. The Morgan fingerprint density at radius 1 is 0.979 bits per heavy atom. The number of carboxylic acid groups (broad SMARTS) is 1. The third-order valence-corrected chi connectivity index (χ3v) is 15.4. The molecule has 0 aliphatic heterocycles. The molecule has 5 aliphatic carbocycles. The molecule has 0 bridgehead atoms. The molecular formula is C41H58O6. The van der Waals surface area contributed by atoms with Gasteiger partial charge >= 0.3 is 11.9 Å². The van der Waals surface area contributed by atoms with E-state index in [0.29, 0.717) is 24.2 Å². The standard InChI is InChI=1S/C41H58O6/c1-24-16-19-41(36(44)45)21-20-39(7)28(34(41)26(24)3)13-14-32-38(6)23-29(42)35(37(4,5)31(38)17-18-40(32,39)8)47-33(43)15-12-27-11-10-25(2)30(22-27)46-9/h10-13,15,22,24,26,29,31-32,34-35,42H,14,16-21,23H2,1-9H3,(H,44,45)/t24-,26+,29-,31+,32-,34+,35+,38+,39-,40-,41+/m1/s1. The van der Waals surface area contributed by atoms with Crippen molar-refractivity contribution < 1.29 is 29.3 Å². The van der Waals surface area contributed by atoms with Gasteiger partial charge in [0.25, 0.3) is 0 Å². The average Bonchev–Trinajstić information content (AvgIpc) is 3.00. The zero-order valence-electron chi connectivity index (χ0n) is 30.2. The van der Waals surface area contributed by atoms with E-state index in [2.05, 4.69) is 54.5 Å². The van der Waals surface area contributed by atoms with E-state index in [4.69, 9.17) is 9.47 Å². The van der Waals surface area contributed by atoms with Crippen LogP contribution in [0.4, 0.5) is 0 Å². The highest BCUT2D eigenvalue weighted by Gasteiger charge is 2.70. The summed E-state index contributed by atoms with van der Waals surface area (Å²) in [6.45, 7) is 18.3. The van der Waals surface area contributed by atoms with Gasteiger partial charge in [0.1, 0.15) is 11.9 Å². The summed E-state index contributed by atoms with van der Waals surface area (Å²) >= 11 is 0. The van der Waals surface area contributed by atoms with Gasteiger partial charge < -0.3 is 19.7 Å². The number of carboxylic acids is 1. The summed E-state index contributed by atoms with van der Waals surface area (Å²) in [5.74, 6) is 1.28. The minimum absolute atomic E-state index is 0.00938. The quantitative estimate of drug-likeness (QED) is 0.189. The maximum absolute atomic E-state index is 13.2. The molecule has 6 nitrogen and oxygen atoms in total. The maximum atomic E-state index is 13.2. The Bertz CT molecular complexity index is 1490. The van der Waals surface area contributed by atoms with Gasteiger partial charge in [-0.05, 0) is 127 Å². The molecule has 0 amide bonds. The van der Waals surface area contributed by atoms with Gasteiger partial charge in [0.15, 0.2) is 0 Å². The van der Waals surface area contributed by atoms with Gasteiger partial charge in [-0.1, -0.05) is 72.2 Å². The Morgan fingerprint density at radius 3 is 2.38 bits per heavy atom. The summed E-state index contributed by atoms with van der Waals surface area (Å²) in [6, 6.07) is 5.81. The molecule has 5 aliphatic rings. The Morgan fingerprint density at radius 2 is 1.70 bits per heavy atom. The summed E-state index contributed by atoms with van der Waals surface area (Å²) < 4.78 is 11.6. The fourth-order valence-electron chi connectivity index (χ4n) is 12.5. The van der Waals surface area contributed by atoms with E-state index >= 15 is 0 Å². The molecule has 0 aromatic heterocycles. The van der Waals surface area contributed by atoms with E-state index in [-0.39, 0.29) is 28.1 Å². The number of benzene rings is 1. The number of allylic oxidation sites excluding steroid dienone is 2. The summed E-state index contributed by atoms with van der Waals surface area (Å²) in [4.78, 5) is 26.2. The summed E-state index contributed by atoms with van der Waals surface area (Å²) in [7, 11) is 1.64. The van der Waals surface area contributed by atoms with Gasteiger partial charge in [-0.15, -0.1) is 0 Å². The first-order valence-electron chi connectivity index (χ1n) is 18.1. The molecule has 2 N–H and O–H groups in total. The van der Waals surface area contributed by atoms with Gasteiger partial charge in [-0.2, -0.15) is 0 Å². The normalized spacial score (nSPS) is 43.9. The lowest BCUT2D eigenvalue weighted by Crippen LogP contribution is -2.67. The zero-order chi connectivity index (χ0) is 34.3. The molecule has 0 radical (unpaired) electrons. The lowest BCUT2D eigenvalue weighted by atomic mass is 9.33. The number of esters is 1. The molecule has 4 fully saturated rings. The van der Waals surface area contributed by atoms with Gasteiger partial charge in [0.05, 0.1) is 18.6 Å². The van der Waals surface area contributed by atoms with Crippen LogP contribution in [0.1, 0.15) is 111 Å². The number of carbonyl (C=O) groups excluding carboxylic acids is 1. The second-order valence-electron chi connectivity index (χ2n) is 17.6. The average molecular weight is 647 g/mol. The number of rotatable bonds is 5. The van der Waals surface area contributed by atoms with Gasteiger partial charge in [0, 0.05) is 11.5 Å². The van der Waals surface area contributed by atoms with Crippen molar-refractivity contribution in [3.05, 3.63) is 47.1 Å². The number of hydrogen-bond acceptors (Lipinski definition) is 5. The molecule has 6 rings (SSSR count). The minimum atomic E-state index is -0.770. The van der Waals surface area contributed by atoms with Crippen molar-refractivity contribution in [3.63, 3.8) is 0 Å². The van der Waals surface area contributed by atoms with Crippen LogP contribution < -0.4 is 4.74 Å². The fraction of sp³-hybridized carbons (Fsp3) is 0.707. The number of aliphatic hydroxyl groups is 1. The predicted octanol–water partition coefficient (Wildman–Crippen LogP) is 8.64. The van der Waals surface area contributed by atoms with Gasteiger partial charge in [0.2, 0.25) is 0 Å².